The van der Waals surface area contributed by atoms with Gasteiger partial charge in [-0.1, -0.05) is 38.1 Å². The molecule has 3 aromatic heterocycles. The number of carbonyl (C=O) groups is 1. The van der Waals surface area contributed by atoms with E-state index >= 15 is 0 Å². The number of likely N-dealkylation sites (tertiary alicyclic amines) is 1. The quantitative estimate of drug-likeness (QED) is 0.0682. The highest BCUT2D eigenvalue weighted by Crippen LogP contribution is 2.54. The predicted octanol–water partition coefficient (Wildman–Crippen LogP) is 8.99. The molecule has 1 spiro atoms. The Morgan fingerprint density at radius 3 is 2.58 bits per heavy atom. The molecule has 2 atom stereocenters. The van der Waals surface area contributed by atoms with Gasteiger partial charge in [-0.25, -0.2) is 9.71 Å². The molecular formula is C50H60N8O8S. The Balaban J connectivity index is 0.845. The van der Waals surface area contributed by atoms with Crippen molar-refractivity contribution >= 4 is 44.2 Å². The molecule has 2 aromatic carbocycles. The van der Waals surface area contributed by atoms with Crippen molar-refractivity contribution in [3.8, 4) is 17.2 Å². The third-order valence-electron chi connectivity index (χ3n) is 15.3. The molecule has 0 unspecified atom stereocenters. The van der Waals surface area contributed by atoms with E-state index in [2.05, 4.69) is 72.9 Å². The number of anilines is 2. The van der Waals surface area contributed by atoms with Gasteiger partial charge in [-0.3, -0.25) is 9.69 Å². The number of piperidine rings is 1. The molecule has 1 amide bonds. The van der Waals surface area contributed by atoms with Gasteiger partial charge in [-0.05, 0) is 147 Å². The summed E-state index contributed by atoms with van der Waals surface area (Å²) in [6.45, 7) is 9.35. The number of nitrogens with one attached hydrogen (secondary N) is 3. The van der Waals surface area contributed by atoms with Gasteiger partial charge in [0.05, 0.1) is 23.4 Å². The maximum atomic E-state index is 14.1. The Labute approximate surface area is 391 Å². The Morgan fingerprint density at radius 1 is 1.04 bits per heavy atom. The number of rotatable bonds is 12. The fraction of sp³-hybridized carbons (Fsp3) is 0.500. The fourth-order valence-corrected chi connectivity index (χ4v) is 12.5. The molecule has 2 aliphatic carbocycles. The van der Waals surface area contributed by atoms with Crippen LogP contribution in [-0.4, -0.2) is 88.1 Å². The number of amides is 1. The van der Waals surface area contributed by atoms with Gasteiger partial charge >= 0.3 is 15.8 Å². The molecule has 2 saturated carbocycles. The van der Waals surface area contributed by atoms with Gasteiger partial charge in [-0.2, -0.15) is 8.42 Å². The number of sulfonamides is 1. The lowest BCUT2D eigenvalue weighted by Crippen LogP contribution is -2.54. The summed E-state index contributed by atoms with van der Waals surface area (Å²) in [5.41, 5.74) is 3.97. The molecule has 16 nitrogen and oxygen atoms in total. The lowest BCUT2D eigenvalue weighted by molar-refractivity contribution is -0.389. The van der Waals surface area contributed by atoms with Crippen LogP contribution >= 0.6 is 0 Å². The van der Waals surface area contributed by atoms with E-state index in [0.29, 0.717) is 60.0 Å². The highest BCUT2D eigenvalue weighted by Gasteiger charge is 2.50. The lowest BCUT2D eigenvalue weighted by Gasteiger charge is -2.56. The molecule has 0 bridgehead atoms. The molecule has 67 heavy (non-hydrogen) atoms. The molecule has 5 aliphatic rings. The van der Waals surface area contributed by atoms with Crippen molar-refractivity contribution < 1.29 is 32.7 Å². The third-order valence-corrected chi connectivity index (χ3v) is 16.5. The molecule has 10 rings (SSSR count). The Bertz CT molecular complexity index is 2790. The standard InChI is InChI=1S/C50H60N8O8S/c1-31(2)38-7-4-5-8-39(38)41-9-6-20-57(41)36-27-50(28-36)17-21-56(22-18-50)35-10-11-40(42(25-35)66-37-24-33-14-19-51-46(33)52-29-37)48(59)55-67(63,64)44-26-43-45(47(54-44)58(61)62)53-34(30-65-43)23-32-12-15-49(3,60)16-13-32/h4-5,7-8,10-11,14,19,24-26,29,31-32,34,36,41,53,60H,6,9,12-13,15-18,20-23,27-28,30H2,1-3H3,(H,51,52)(H,55,59)/t32?,34-,41+,49?/m0/s1. The minimum Gasteiger partial charge on any atom is -0.489 e. The number of nitro groups is 1. The van der Waals surface area contributed by atoms with Crippen molar-refractivity contribution in [3.63, 3.8) is 0 Å². The smallest absolute Gasteiger partial charge is 0.392 e. The largest absolute Gasteiger partial charge is 0.489 e. The van der Waals surface area contributed by atoms with Crippen LogP contribution < -0.4 is 24.4 Å². The van der Waals surface area contributed by atoms with Crippen molar-refractivity contribution in [3.05, 3.63) is 99.9 Å². The number of aromatic nitrogens is 3. The molecule has 2 saturated heterocycles. The molecule has 354 valence electrons. The van der Waals surface area contributed by atoms with Crippen LogP contribution in [0.5, 0.6) is 17.2 Å². The molecule has 4 N–H and O–H groups in total. The summed E-state index contributed by atoms with van der Waals surface area (Å²) in [5.74, 6) is -0.526. The number of H-pyrrole nitrogens is 1. The first-order chi connectivity index (χ1) is 32.1. The molecule has 0 radical (unpaired) electrons. The van der Waals surface area contributed by atoms with Gasteiger partial charge in [0, 0.05) is 54.6 Å². The molecule has 6 heterocycles. The van der Waals surface area contributed by atoms with E-state index in [0.717, 1.165) is 62.5 Å². The first-order valence-corrected chi connectivity index (χ1v) is 25.3. The van der Waals surface area contributed by atoms with Crippen LogP contribution in [0, 0.1) is 21.4 Å². The average molecular weight is 933 g/mol. The molecule has 5 aromatic rings. The number of hydrogen-bond donors (Lipinski definition) is 4. The van der Waals surface area contributed by atoms with Gasteiger partial charge < -0.3 is 39.9 Å². The third kappa shape index (κ3) is 9.17. The van der Waals surface area contributed by atoms with Crippen LogP contribution in [0.25, 0.3) is 11.0 Å². The zero-order valence-corrected chi connectivity index (χ0v) is 39.2. The maximum Gasteiger partial charge on any atom is 0.392 e. The SMILES string of the molecule is CC(C)c1ccccc1[C@H]1CCCN1C1CC2(CCN(c3ccc(C(=O)NS(=O)(=O)c4cc5c(c([N+](=O)[O-])n4)N[C@@H](CC4CCC(C)(O)CC4)CO5)c(Oc4cnc5[nH]ccc5c4)c3)CC2)C1. The topological polar surface area (TPSA) is 205 Å². The van der Waals surface area contributed by atoms with Crippen molar-refractivity contribution in [2.75, 3.05) is 36.5 Å². The molecule has 4 fully saturated rings. The highest BCUT2D eigenvalue weighted by atomic mass is 32.2. The number of aromatic amines is 1. The lowest BCUT2D eigenvalue weighted by atomic mass is 9.59. The first-order valence-electron chi connectivity index (χ1n) is 23.9. The number of pyridine rings is 2. The predicted molar refractivity (Wildman–Crippen MR) is 254 cm³/mol. The van der Waals surface area contributed by atoms with Gasteiger partial charge in [0.15, 0.2) is 11.4 Å². The minimum atomic E-state index is -4.76. The van der Waals surface area contributed by atoms with Crippen LogP contribution in [0.2, 0.25) is 0 Å². The monoisotopic (exact) mass is 932 g/mol. The van der Waals surface area contributed by atoms with Gasteiger partial charge in [0.2, 0.25) is 0 Å². The summed E-state index contributed by atoms with van der Waals surface area (Å²) in [6.07, 6.45) is 13.8. The number of carbonyl (C=O) groups excluding carboxylic acids is 1. The number of fused-ring (bicyclic) bond motifs is 2. The Morgan fingerprint density at radius 2 is 1.82 bits per heavy atom. The van der Waals surface area contributed by atoms with E-state index in [9.17, 15) is 28.4 Å². The molecular weight excluding hydrogens is 873 g/mol. The van der Waals surface area contributed by atoms with E-state index in [1.165, 1.54) is 43.0 Å². The first kappa shape index (κ1) is 45.0. The van der Waals surface area contributed by atoms with Gasteiger partial charge in [-0.15, -0.1) is 0 Å². The summed E-state index contributed by atoms with van der Waals surface area (Å²) < 4.78 is 42.2. The summed E-state index contributed by atoms with van der Waals surface area (Å²) in [5, 5.41) is 25.9. The summed E-state index contributed by atoms with van der Waals surface area (Å²) in [6, 6.07) is 19.6. The van der Waals surface area contributed by atoms with Crippen LogP contribution in [-0.2, 0) is 10.0 Å². The van der Waals surface area contributed by atoms with Gasteiger partial charge in [0.25, 0.3) is 10.9 Å². The van der Waals surface area contributed by atoms with Crippen LogP contribution in [0.3, 0.4) is 0 Å². The summed E-state index contributed by atoms with van der Waals surface area (Å²) in [7, 11) is -4.76. The van der Waals surface area contributed by atoms with E-state index in [-0.39, 0.29) is 35.4 Å². The van der Waals surface area contributed by atoms with Gasteiger partial charge in [0.1, 0.15) is 23.8 Å². The van der Waals surface area contributed by atoms with Crippen molar-refractivity contribution in [2.24, 2.45) is 11.3 Å². The number of nitrogens with zero attached hydrogens (tertiary/aromatic N) is 5. The fourth-order valence-electron chi connectivity index (χ4n) is 11.5. The zero-order valence-electron chi connectivity index (χ0n) is 38.4. The van der Waals surface area contributed by atoms with Crippen molar-refractivity contribution in [2.45, 2.75) is 126 Å². The van der Waals surface area contributed by atoms with Crippen molar-refractivity contribution in [1.82, 2.24) is 24.6 Å². The summed E-state index contributed by atoms with van der Waals surface area (Å²) >= 11 is 0. The Kier molecular flexibility index (Phi) is 11.9. The van der Waals surface area contributed by atoms with E-state index in [1.807, 2.05) is 13.0 Å². The van der Waals surface area contributed by atoms with Crippen LogP contribution in [0.4, 0.5) is 17.2 Å². The number of aliphatic hydroxyl groups is 1. The van der Waals surface area contributed by atoms with Crippen LogP contribution in [0.15, 0.2) is 78.1 Å². The minimum absolute atomic E-state index is 0.0159. The second kappa shape index (κ2) is 17.7. The number of ether oxygens (including phenoxy) is 2. The summed E-state index contributed by atoms with van der Waals surface area (Å²) in [4.78, 5) is 42.2. The molecule has 17 heteroatoms. The van der Waals surface area contributed by atoms with Crippen LogP contribution in [0.1, 0.15) is 125 Å². The second-order valence-electron chi connectivity index (χ2n) is 20.3. The zero-order chi connectivity index (χ0) is 46.7. The molecule has 3 aliphatic heterocycles. The van der Waals surface area contributed by atoms with E-state index in [1.54, 1.807) is 30.5 Å². The number of benzene rings is 2. The van der Waals surface area contributed by atoms with Crippen molar-refractivity contribution in [1.29, 1.82) is 0 Å². The number of hydrogen-bond acceptors (Lipinski definition) is 13. The maximum absolute atomic E-state index is 14.1. The Hall–Kier alpha value is -5.78. The van der Waals surface area contributed by atoms with E-state index < -0.39 is 37.3 Å². The second-order valence-corrected chi connectivity index (χ2v) is 21.9. The average Bonchev–Trinajstić information content (AvgIpc) is 3.98. The van der Waals surface area contributed by atoms with E-state index in [4.69, 9.17) is 9.47 Å². The normalized spacial score (nSPS) is 24.2. The highest BCUT2D eigenvalue weighted by molar-refractivity contribution is 7.90.